The van der Waals surface area contributed by atoms with Crippen molar-refractivity contribution in [1.29, 1.82) is 0 Å². The minimum Gasteiger partial charge on any atom is -0.389 e. The zero-order valence-corrected chi connectivity index (χ0v) is 13.9. The number of aryl methyl sites for hydroxylation is 1. The minimum absolute atomic E-state index is 0.0165. The van der Waals surface area contributed by atoms with Gasteiger partial charge >= 0.3 is 0 Å². The SMILES string of the molecule is Cc1cc(S(=O)(=O)Nc2ccc(C(N)=S)cc2F)sc1Cl. The maximum Gasteiger partial charge on any atom is 0.271 e. The van der Waals surface area contributed by atoms with E-state index in [0.717, 1.165) is 17.4 Å². The lowest BCUT2D eigenvalue weighted by Crippen LogP contribution is -2.14. The van der Waals surface area contributed by atoms with Crippen LogP contribution in [0.3, 0.4) is 0 Å². The molecule has 0 fully saturated rings. The largest absolute Gasteiger partial charge is 0.389 e. The molecule has 0 saturated carbocycles. The molecule has 1 aromatic heterocycles. The first-order valence-electron chi connectivity index (χ1n) is 5.59. The van der Waals surface area contributed by atoms with E-state index in [1.165, 1.54) is 18.2 Å². The molecule has 0 saturated heterocycles. The van der Waals surface area contributed by atoms with Gasteiger partial charge in [-0.05, 0) is 36.8 Å². The van der Waals surface area contributed by atoms with E-state index in [4.69, 9.17) is 29.6 Å². The van der Waals surface area contributed by atoms with Crippen LogP contribution in [0.25, 0.3) is 0 Å². The highest BCUT2D eigenvalue weighted by atomic mass is 35.5. The number of thiocarbonyl (C=S) groups is 1. The van der Waals surface area contributed by atoms with Crippen LogP contribution in [-0.4, -0.2) is 13.4 Å². The van der Waals surface area contributed by atoms with Gasteiger partial charge in [-0.1, -0.05) is 23.8 Å². The molecule has 0 atom stereocenters. The Morgan fingerprint density at radius 2 is 2.10 bits per heavy atom. The van der Waals surface area contributed by atoms with Crippen LogP contribution in [0, 0.1) is 12.7 Å². The Balaban J connectivity index is 2.35. The first kappa shape index (κ1) is 16.2. The van der Waals surface area contributed by atoms with E-state index < -0.39 is 15.8 Å². The van der Waals surface area contributed by atoms with E-state index >= 15 is 0 Å². The fraction of sp³-hybridized carbons (Fsp3) is 0.0833. The molecule has 0 aliphatic rings. The Morgan fingerprint density at radius 3 is 2.57 bits per heavy atom. The summed E-state index contributed by atoms with van der Waals surface area (Å²) in [6.45, 7) is 1.69. The lowest BCUT2D eigenvalue weighted by Gasteiger charge is -2.08. The number of nitrogens with one attached hydrogen (secondary N) is 1. The van der Waals surface area contributed by atoms with Gasteiger partial charge in [0, 0.05) is 5.56 Å². The molecular formula is C12H10ClFN2O2S3. The lowest BCUT2D eigenvalue weighted by molar-refractivity contribution is 0.600. The van der Waals surface area contributed by atoms with Crippen molar-refractivity contribution in [2.45, 2.75) is 11.1 Å². The Morgan fingerprint density at radius 1 is 1.43 bits per heavy atom. The second kappa shape index (κ2) is 5.88. The van der Waals surface area contributed by atoms with Gasteiger partial charge in [-0.25, -0.2) is 12.8 Å². The summed E-state index contributed by atoms with van der Waals surface area (Å²) in [6, 6.07) is 5.21. The molecular weight excluding hydrogens is 355 g/mol. The number of hydrogen-bond donors (Lipinski definition) is 2. The van der Waals surface area contributed by atoms with E-state index in [-0.39, 0.29) is 14.9 Å². The number of nitrogens with two attached hydrogens (primary N) is 1. The zero-order chi connectivity index (χ0) is 15.8. The van der Waals surface area contributed by atoms with E-state index in [1.54, 1.807) is 6.92 Å². The molecule has 21 heavy (non-hydrogen) atoms. The van der Waals surface area contributed by atoms with Crippen molar-refractivity contribution >= 4 is 55.9 Å². The highest BCUT2D eigenvalue weighted by Crippen LogP contribution is 2.31. The predicted octanol–water partition coefficient (Wildman–Crippen LogP) is 3.28. The van der Waals surface area contributed by atoms with Crippen LogP contribution in [0.1, 0.15) is 11.1 Å². The van der Waals surface area contributed by atoms with Gasteiger partial charge in [-0.3, -0.25) is 4.72 Å². The van der Waals surface area contributed by atoms with Crippen molar-refractivity contribution in [3.05, 3.63) is 45.5 Å². The molecule has 112 valence electrons. The third-order valence-electron chi connectivity index (χ3n) is 2.60. The van der Waals surface area contributed by atoms with Crippen LogP contribution < -0.4 is 10.5 Å². The van der Waals surface area contributed by atoms with Crippen molar-refractivity contribution in [3.8, 4) is 0 Å². The normalized spacial score (nSPS) is 11.4. The Bertz CT molecular complexity index is 798. The van der Waals surface area contributed by atoms with Crippen LogP contribution in [0.15, 0.2) is 28.5 Å². The first-order valence-corrected chi connectivity index (χ1v) is 8.67. The molecule has 9 heteroatoms. The number of halogens is 2. The maximum atomic E-state index is 13.9. The number of sulfonamides is 1. The molecule has 0 spiro atoms. The maximum absolute atomic E-state index is 13.9. The molecule has 0 bridgehead atoms. The monoisotopic (exact) mass is 364 g/mol. The van der Waals surface area contributed by atoms with Gasteiger partial charge in [0.25, 0.3) is 10.0 Å². The standard InChI is InChI=1S/C12H10ClFN2O2S3/c1-6-4-10(20-11(6)13)21(17,18)16-9-3-2-7(12(15)19)5-8(9)14/h2-5,16H,1H3,(H2,15,19). The number of thiophene rings is 1. The van der Waals surface area contributed by atoms with Gasteiger partial charge < -0.3 is 5.73 Å². The van der Waals surface area contributed by atoms with Gasteiger partial charge in [0.15, 0.2) is 0 Å². The van der Waals surface area contributed by atoms with Gasteiger partial charge in [-0.2, -0.15) is 0 Å². The van der Waals surface area contributed by atoms with E-state index in [9.17, 15) is 12.8 Å². The van der Waals surface area contributed by atoms with Gasteiger partial charge in [0.05, 0.1) is 10.0 Å². The number of hydrogen-bond acceptors (Lipinski definition) is 4. The summed E-state index contributed by atoms with van der Waals surface area (Å²) < 4.78 is 40.8. The molecule has 3 N–H and O–H groups in total. The van der Waals surface area contributed by atoms with Crippen molar-refractivity contribution in [2.24, 2.45) is 5.73 Å². The molecule has 0 amide bonds. The summed E-state index contributed by atoms with van der Waals surface area (Å²) in [5.41, 5.74) is 6.17. The minimum atomic E-state index is -3.89. The van der Waals surface area contributed by atoms with Gasteiger partial charge in [0.2, 0.25) is 0 Å². The smallest absolute Gasteiger partial charge is 0.271 e. The zero-order valence-electron chi connectivity index (χ0n) is 10.7. The quantitative estimate of drug-likeness (QED) is 0.816. The summed E-state index contributed by atoms with van der Waals surface area (Å²) in [5, 5.41) is 0. The third-order valence-corrected chi connectivity index (χ3v) is 6.23. The van der Waals surface area contributed by atoms with Gasteiger partial charge in [0.1, 0.15) is 15.0 Å². The summed E-state index contributed by atoms with van der Waals surface area (Å²) in [5.74, 6) is -0.761. The lowest BCUT2D eigenvalue weighted by atomic mass is 10.2. The summed E-state index contributed by atoms with van der Waals surface area (Å²) in [7, 11) is -3.89. The number of anilines is 1. The highest BCUT2D eigenvalue weighted by molar-refractivity contribution is 7.94. The van der Waals surface area contributed by atoms with Gasteiger partial charge in [-0.15, -0.1) is 11.3 Å². The fourth-order valence-electron chi connectivity index (χ4n) is 1.51. The molecule has 0 aliphatic carbocycles. The average molecular weight is 365 g/mol. The Labute approximate surface area is 135 Å². The summed E-state index contributed by atoms with van der Waals surface area (Å²) in [6.07, 6.45) is 0. The van der Waals surface area contributed by atoms with Crippen LogP contribution >= 0.6 is 35.2 Å². The fourth-order valence-corrected chi connectivity index (χ4v) is 4.41. The molecule has 0 unspecified atom stereocenters. The number of benzene rings is 1. The van der Waals surface area contributed by atoms with Crippen LogP contribution in [0.2, 0.25) is 4.34 Å². The van der Waals surface area contributed by atoms with Crippen molar-refractivity contribution in [2.75, 3.05) is 4.72 Å². The van der Waals surface area contributed by atoms with Crippen molar-refractivity contribution in [3.63, 3.8) is 0 Å². The van der Waals surface area contributed by atoms with E-state index in [0.29, 0.717) is 15.5 Å². The van der Waals surface area contributed by atoms with Crippen molar-refractivity contribution < 1.29 is 12.8 Å². The molecule has 4 nitrogen and oxygen atoms in total. The van der Waals surface area contributed by atoms with Crippen LogP contribution in [-0.2, 0) is 10.0 Å². The Kier molecular flexibility index (Phi) is 4.52. The number of rotatable bonds is 4. The van der Waals surface area contributed by atoms with Crippen molar-refractivity contribution in [1.82, 2.24) is 0 Å². The first-order chi connectivity index (χ1) is 9.70. The summed E-state index contributed by atoms with van der Waals surface area (Å²) in [4.78, 5) is 0.0315. The molecule has 0 aliphatic heterocycles. The highest BCUT2D eigenvalue weighted by Gasteiger charge is 2.20. The predicted molar refractivity (Wildman–Crippen MR) is 87.2 cm³/mol. The second-order valence-electron chi connectivity index (χ2n) is 4.19. The van der Waals surface area contributed by atoms with E-state index in [2.05, 4.69) is 4.72 Å². The average Bonchev–Trinajstić information content (AvgIpc) is 2.72. The molecule has 1 aromatic carbocycles. The molecule has 1 heterocycles. The van der Waals surface area contributed by atoms with Crippen LogP contribution in [0.4, 0.5) is 10.1 Å². The second-order valence-corrected chi connectivity index (χ2v) is 8.19. The summed E-state index contributed by atoms with van der Waals surface area (Å²) >= 11 is 11.5. The molecule has 2 aromatic rings. The van der Waals surface area contributed by atoms with Crippen LogP contribution in [0.5, 0.6) is 0 Å². The molecule has 0 radical (unpaired) electrons. The topological polar surface area (TPSA) is 72.2 Å². The Hall–Kier alpha value is -1.22. The third kappa shape index (κ3) is 3.52. The molecule has 2 rings (SSSR count). The van der Waals surface area contributed by atoms with E-state index in [1.807, 2.05) is 0 Å².